The number of hydrogen-bond acceptors (Lipinski definition) is 1. The molecule has 30 heavy (non-hydrogen) atoms. The molecule has 0 aliphatic heterocycles. The Morgan fingerprint density at radius 2 is 1.47 bits per heavy atom. The second kappa shape index (κ2) is 8.58. The van der Waals surface area contributed by atoms with E-state index in [1.165, 1.54) is 11.0 Å². The second-order valence-electron chi connectivity index (χ2n) is 7.62. The lowest BCUT2D eigenvalue weighted by molar-refractivity contribution is -0.262. The molecule has 0 saturated carbocycles. The van der Waals surface area contributed by atoms with Crippen LogP contribution in [0.5, 0.6) is 0 Å². The van der Waals surface area contributed by atoms with Crippen LogP contribution >= 0.6 is 0 Å². The largest absolute Gasteiger partial charge is 0.458 e. The lowest BCUT2D eigenvalue weighted by Crippen LogP contribution is -2.43. The number of carbonyl (C=O) groups is 1. The molecule has 2 aromatic rings. The summed E-state index contributed by atoms with van der Waals surface area (Å²) >= 11 is 0. The molecule has 2 nitrogen and oxygen atoms in total. The summed E-state index contributed by atoms with van der Waals surface area (Å²) in [4.78, 5) is 14.7. The SMILES string of the molecule is C=C(/C=C(\C(=O)N(C(C)C)C(C)C)c1ccc2ccccc2c1)C(F)(F)C(F)(F)F. The molecule has 7 heteroatoms. The number of rotatable bonds is 6. The van der Waals surface area contributed by atoms with Crippen LogP contribution in [0.4, 0.5) is 22.0 Å². The van der Waals surface area contributed by atoms with Crippen LogP contribution in [-0.2, 0) is 4.79 Å². The smallest absolute Gasteiger partial charge is 0.334 e. The summed E-state index contributed by atoms with van der Waals surface area (Å²) in [7, 11) is 0. The Balaban J connectivity index is 2.68. The average Bonchev–Trinajstić information content (AvgIpc) is 2.63. The van der Waals surface area contributed by atoms with Crippen LogP contribution in [0.1, 0.15) is 33.3 Å². The standard InChI is InChI=1S/C23H24F5NO/c1-14(2)29(15(3)4)21(30)20(12-16(5)22(24,25)23(26,27)28)19-11-10-17-8-6-7-9-18(17)13-19/h6-15H,5H2,1-4H3/b20-12-. The van der Waals surface area contributed by atoms with E-state index in [1.54, 1.807) is 52.0 Å². The van der Waals surface area contributed by atoms with E-state index in [4.69, 9.17) is 0 Å². The number of benzene rings is 2. The van der Waals surface area contributed by atoms with Crippen LogP contribution in [0.15, 0.2) is 60.7 Å². The molecule has 0 aromatic heterocycles. The maximum Gasteiger partial charge on any atom is 0.458 e. The van der Waals surface area contributed by atoms with Crippen LogP contribution in [0.3, 0.4) is 0 Å². The van der Waals surface area contributed by atoms with E-state index >= 15 is 0 Å². The predicted octanol–water partition coefficient (Wildman–Crippen LogP) is 6.62. The number of carbonyl (C=O) groups excluding carboxylic acids is 1. The monoisotopic (exact) mass is 425 g/mol. The summed E-state index contributed by atoms with van der Waals surface area (Å²) in [5, 5.41) is 1.57. The number of hydrogen-bond donors (Lipinski definition) is 0. The highest BCUT2D eigenvalue weighted by Crippen LogP contribution is 2.42. The molecule has 0 aliphatic rings. The van der Waals surface area contributed by atoms with Crippen LogP contribution < -0.4 is 0 Å². The third-order valence-electron chi connectivity index (χ3n) is 4.72. The zero-order chi connectivity index (χ0) is 22.9. The molecule has 0 atom stereocenters. The van der Waals surface area contributed by atoms with Gasteiger partial charge in [0.25, 0.3) is 5.91 Å². The van der Waals surface area contributed by atoms with E-state index in [0.29, 0.717) is 6.08 Å². The number of alkyl halides is 5. The van der Waals surface area contributed by atoms with Crippen molar-refractivity contribution in [2.45, 2.75) is 51.9 Å². The summed E-state index contributed by atoms with van der Waals surface area (Å²) in [6.07, 6.45) is -5.26. The van der Waals surface area contributed by atoms with E-state index in [9.17, 15) is 26.7 Å². The minimum atomic E-state index is -5.81. The Bertz CT molecular complexity index is 965. The zero-order valence-corrected chi connectivity index (χ0v) is 17.2. The van der Waals surface area contributed by atoms with E-state index in [1.807, 2.05) is 12.1 Å². The van der Waals surface area contributed by atoms with E-state index in [2.05, 4.69) is 6.58 Å². The first-order valence-electron chi connectivity index (χ1n) is 9.44. The van der Waals surface area contributed by atoms with Crippen molar-refractivity contribution in [3.63, 3.8) is 0 Å². The lowest BCUT2D eigenvalue weighted by Gasteiger charge is -2.32. The fraction of sp³-hybridized carbons (Fsp3) is 0.348. The molecule has 162 valence electrons. The van der Waals surface area contributed by atoms with E-state index < -0.39 is 23.6 Å². The first-order chi connectivity index (χ1) is 13.8. The fourth-order valence-corrected chi connectivity index (χ4v) is 3.28. The highest BCUT2D eigenvalue weighted by atomic mass is 19.4. The molecule has 0 aliphatic carbocycles. The van der Waals surface area contributed by atoms with E-state index in [-0.39, 0.29) is 23.2 Å². The number of amides is 1. The molecule has 0 spiro atoms. The predicted molar refractivity (Wildman–Crippen MR) is 109 cm³/mol. The molecule has 0 unspecified atom stereocenters. The van der Waals surface area contributed by atoms with E-state index in [0.717, 1.165) is 10.8 Å². The highest BCUT2D eigenvalue weighted by molar-refractivity contribution is 6.20. The zero-order valence-electron chi connectivity index (χ0n) is 17.2. The quantitative estimate of drug-likeness (QED) is 0.289. The van der Waals surface area contributed by atoms with Crippen molar-refractivity contribution in [2.75, 3.05) is 0 Å². The van der Waals surface area contributed by atoms with Crippen LogP contribution in [-0.4, -0.2) is 35.0 Å². The summed E-state index contributed by atoms with van der Waals surface area (Å²) in [5.74, 6) is -5.80. The first kappa shape index (κ1) is 23.6. The van der Waals surface area contributed by atoms with Crippen LogP contribution in [0, 0.1) is 0 Å². The number of halogens is 5. The summed E-state index contributed by atoms with van der Waals surface area (Å²) < 4.78 is 66.2. The Labute approximate surface area is 172 Å². The van der Waals surface area contributed by atoms with Gasteiger partial charge < -0.3 is 4.90 Å². The second-order valence-corrected chi connectivity index (χ2v) is 7.62. The van der Waals surface area contributed by atoms with Crippen LogP contribution in [0.2, 0.25) is 0 Å². The minimum absolute atomic E-state index is 0.240. The maximum atomic E-state index is 13.8. The minimum Gasteiger partial charge on any atom is -0.334 e. The van der Waals surface area contributed by atoms with Crippen molar-refractivity contribution in [1.82, 2.24) is 4.90 Å². The van der Waals surface area contributed by atoms with Crippen molar-refractivity contribution < 1.29 is 26.7 Å². The highest BCUT2D eigenvalue weighted by Gasteiger charge is 2.59. The van der Waals surface area contributed by atoms with Gasteiger partial charge >= 0.3 is 12.1 Å². The first-order valence-corrected chi connectivity index (χ1v) is 9.44. The van der Waals surface area contributed by atoms with Gasteiger partial charge in [0.15, 0.2) is 0 Å². The summed E-state index contributed by atoms with van der Waals surface area (Å²) in [5.41, 5.74) is -1.51. The van der Waals surface area contributed by atoms with Gasteiger partial charge in [-0.3, -0.25) is 4.79 Å². The molecule has 0 radical (unpaired) electrons. The Hall–Kier alpha value is -2.70. The molecule has 0 bridgehead atoms. The van der Waals surface area contributed by atoms with Gasteiger partial charge in [-0.25, -0.2) is 0 Å². The number of nitrogens with zero attached hydrogens (tertiary/aromatic N) is 1. The maximum absolute atomic E-state index is 13.8. The summed E-state index contributed by atoms with van der Waals surface area (Å²) in [6, 6.07) is 11.4. The third-order valence-corrected chi connectivity index (χ3v) is 4.72. The van der Waals surface area contributed by atoms with Gasteiger partial charge in [-0.2, -0.15) is 22.0 Å². The fourth-order valence-electron chi connectivity index (χ4n) is 3.28. The lowest BCUT2D eigenvalue weighted by atomic mass is 9.96. The van der Waals surface area contributed by atoms with Crippen molar-refractivity contribution in [2.24, 2.45) is 0 Å². The molecular formula is C23H24F5NO. The van der Waals surface area contributed by atoms with Crippen molar-refractivity contribution >= 4 is 22.3 Å². The molecule has 0 saturated heterocycles. The molecule has 1 amide bonds. The topological polar surface area (TPSA) is 20.3 Å². The van der Waals surface area contributed by atoms with Gasteiger partial charge in [0.05, 0.1) is 0 Å². The van der Waals surface area contributed by atoms with Gasteiger partial charge in [-0.15, -0.1) is 0 Å². The molecule has 2 rings (SSSR count). The van der Waals surface area contributed by atoms with Gasteiger partial charge in [-0.05, 0) is 56.2 Å². The Kier molecular flexibility index (Phi) is 6.74. The van der Waals surface area contributed by atoms with Crippen molar-refractivity contribution in [1.29, 1.82) is 0 Å². The molecular weight excluding hydrogens is 401 g/mol. The van der Waals surface area contributed by atoms with Gasteiger partial charge in [0.1, 0.15) is 0 Å². The molecule has 0 N–H and O–H groups in total. The van der Waals surface area contributed by atoms with Crippen LogP contribution in [0.25, 0.3) is 16.3 Å². The normalized spacial score (nSPS) is 13.2. The van der Waals surface area contributed by atoms with Gasteiger partial charge in [-0.1, -0.05) is 43.0 Å². The van der Waals surface area contributed by atoms with Crippen molar-refractivity contribution in [3.05, 3.63) is 66.3 Å². The molecule has 0 fully saturated rings. The Morgan fingerprint density at radius 1 is 0.933 bits per heavy atom. The average molecular weight is 425 g/mol. The summed E-state index contributed by atoms with van der Waals surface area (Å²) in [6.45, 7) is 9.92. The Morgan fingerprint density at radius 3 is 1.97 bits per heavy atom. The molecule has 0 heterocycles. The third kappa shape index (κ3) is 4.71. The van der Waals surface area contributed by atoms with Gasteiger partial charge in [0, 0.05) is 23.2 Å². The number of allylic oxidation sites excluding steroid dienone is 2. The van der Waals surface area contributed by atoms with Gasteiger partial charge in [0.2, 0.25) is 0 Å². The number of fused-ring (bicyclic) bond motifs is 1. The van der Waals surface area contributed by atoms with Crippen molar-refractivity contribution in [3.8, 4) is 0 Å². The molecule has 2 aromatic carbocycles.